The van der Waals surface area contributed by atoms with Crippen LogP contribution in [0.2, 0.25) is 0 Å². The van der Waals surface area contributed by atoms with Crippen molar-refractivity contribution in [1.82, 2.24) is 9.80 Å². The lowest BCUT2D eigenvalue weighted by molar-refractivity contribution is -0.0354. The fourth-order valence-electron chi connectivity index (χ4n) is 3.23. The number of rotatable bonds is 6. The molecule has 0 unspecified atom stereocenters. The average Bonchev–Trinajstić information content (AvgIpc) is 2.83. The van der Waals surface area contributed by atoms with Crippen molar-refractivity contribution in [3.63, 3.8) is 0 Å². The molecule has 1 saturated heterocycles. The molecule has 1 N–H and O–H groups in total. The quantitative estimate of drug-likeness (QED) is 0.786. The monoisotopic (exact) mass is 270 g/mol. The van der Waals surface area contributed by atoms with Crippen molar-refractivity contribution in [3.05, 3.63) is 0 Å². The summed E-state index contributed by atoms with van der Waals surface area (Å²) in [5.74, 6) is 0.667. The van der Waals surface area contributed by atoms with Gasteiger partial charge in [0, 0.05) is 32.7 Å². The van der Waals surface area contributed by atoms with Crippen LogP contribution in [0.4, 0.5) is 0 Å². The van der Waals surface area contributed by atoms with Gasteiger partial charge in [-0.15, -0.1) is 0 Å². The minimum atomic E-state index is -0.332. The number of piperazine rings is 1. The van der Waals surface area contributed by atoms with E-state index in [9.17, 15) is 5.11 Å². The summed E-state index contributed by atoms with van der Waals surface area (Å²) in [5.41, 5.74) is 0. The first-order chi connectivity index (χ1) is 9.19. The van der Waals surface area contributed by atoms with Gasteiger partial charge in [-0.25, -0.2) is 0 Å². The van der Waals surface area contributed by atoms with E-state index in [0.29, 0.717) is 18.6 Å². The van der Waals surface area contributed by atoms with E-state index in [2.05, 4.69) is 23.6 Å². The zero-order valence-corrected chi connectivity index (χ0v) is 12.6. The molecule has 0 bridgehead atoms. The van der Waals surface area contributed by atoms with Gasteiger partial charge >= 0.3 is 0 Å². The molecule has 4 heteroatoms. The Morgan fingerprint density at radius 2 is 1.84 bits per heavy atom. The van der Waals surface area contributed by atoms with E-state index < -0.39 is 0 Å². The number of aliphatic hydroxyl groups is 1. The summed E-state index contributed by atoms with van der Waals surface area (Å²) in [4.78, 5) is 4.82. The summed E-state index contributed by atoms with van der Waals surface area (Å²) in [6, 6.07) is 0. The normalized spacial score (nSPS) is 31.7. The van der Waals surface area contributed by atoms with Gasteiger partial charge in [0.25, 0.3) is 0 Å². The third-order valence-corrected chi connectivity index (χ3v) is 4.67. The number of aliphatic hydroxyl groups excluding tert-OH is 1. The Bertz CT molecular complexity index is 255. The first-order valence-corrected chi connectivity index (χ1v) is 7.93. The smallest absolute Gasteiger partial charge is 0.0900 e. The predicted molar refractivity (Wildman–Crippen MR) is 77.3 cm³/mol. The van der Waals surface area contributed by atoms with Crippen LogP contribution in [0.3, 0.4) is 0 Å². The van der Waals surface area contributed by atoms with Gasteiger partial charge in [-0.2, -0.15) is 0 Å². The highest BCUT2D eigenvalue weighted by molar-refractivity contribution is 4.76. The first kappa shape index (κ1) is 15.2. The summed E-state index contributed by atoms with van der Waals surface area (Å²) >= 11 is 0. The predicted octanol–water partition coefficient (Wildman–Crippen LogP) is 1.19. The van der Waals surface area contributed by atoms with E-state index in [-0.39, 0.29) is 6.10 Å². The van der Waals surface area contributed by atoms with Gasteiger partial charge in [-0.1, -0.05) is 20.3 Å². The molecule has 4 nitrogen and oxygen atoms in total. The summed E-state index contributed by atoms with van der Waals surface area (Å²) in [6.07, 6.45) is 3.77. The Morgan fingerprint density at radius 1 is 1.16 bits per heavy atom. The van der Waals surface area contributed by atoms with Crippen molar-refractivity contribution in [3.8, 4) is 0 Å². The number of hydrogen-bond acceptors (Lipinski definition) is 4. The van der Waals surface area contributed by atoms with Crippen molar-refractivity contribution in [2.45, 2.75) is 45.3 Å². The van der Waals surface area contributed by atoms with E-state index in [4.69, 9.17) is 4.74 Å². The van der Waals surface area contributed by atoms with E-state index in [1.165, 1.54) is 19.3 Å². The number of likely N-dealkylation sites (N-methyl/N-ethyl adjacent to an activating group) is 1. The van der Waals surface area contributed by atoms with Gasteiger partial charge in [-0.05, 0) is 25.3 Å². The molecule has 1 aliphatic heterocycles. The molecule has 2 aliphatic rings. The summed E-state index contributed by atoms with van der Waals surface area (Å²) in [5, 5.41) is 10.1. The van der Waals surface area contributed by atoms with Gasteiger partial charge in [0.15, 0.2) is 0 Å². The van der Waals surface area contributed by atoms with Crippen LogP contribution in [0.15, 0.2) is 0 Å². The molecule has 0 aromatic rings. The second-order valence-electron chi connectivity index (χ2n) is 6.17. The number of β-amino-alcohol motifs (C(OH)–C–C–N with tert-alkyl or cyclic N) is 1. The molecule has 3 atom stereocenters. The zero-order valence-electron chi connectivity index (χ0n) is 12.6. The molecule has 1 saturated carbocycles. The fourth-order valence-corrected chi connectivity index (χ4v) is 3.23. The molecule has 2 fully saturated rings. The molecule has 112 valence electrons. The fraction of sp³-hybridized carbons (Fsp3) is 1.00. The second kappa shape index (κ2) is 7.58. The van der Waals surface area contributed by atoms with Crippen LogP contribution in [-0.2, 0) is 4.74 Å². The zero-order chi connectivity index (χ0) is 13.7. The second-order valence-corrected chi connectivity index (χ2v) is 6.17. The van der Waals surface area contributed by atoms with Crippen LogP contribution in [0.25, 0.3) is 0 Å². The summed E-state index contributed by atoms with van der Waals surface area (Å²) in [7, 11) is 0. The number of nitrogens with zero attached hydrogens (tertiary/aromatic N) is 2. The first-order valence-electron chi connectivity index (χ1n) is 7.93. The van der Waals surface area contributed by atoms with Gasteiger partial charge in [0.1, 0.15) is 0 Å². The van der Waals surface area contributed by atoms with Crippen LogP contribution in [0.5, 0.6) is 0 Å². The third kappa shape index (κ3) is 4.71. The Hall–Kier alpha value is -0.160. The van der Waals surface area contributed by atoms with Crippen LogP contribution in [-0.4, -0.2) is 73.0 Å². The standard InChI is InChI=1S/C15H30N2O2/c1-3-16-7-9-17(10-8-16)11-14(18)12-19-15-6-4-5-13(15)2/h13-15,18H,3-12H2,1-2H3/t13-,14-,15+/m0/s1. The topological polar surface area (TPSA) is 35.9 Å². The minimum Gasteiger partial charge on any atom is -0.389 e. The van der Waals surface area contributed by atoms with E-state index in [1.807, 2.05) is 0 Å². The van der Waals surface area contributed by atoms with Gasteiger partial charge in [0.05, 0.1) is 18.8 Å². The largest absolute Gasteiger partial charge is 0.389 e. The van der Waals surface area contributed by atoms with Gasteiger partial charge in [-0.3, -0.25) is 4.90 Å². The molecule has 0 spiro atoms. The molecule has 2 rings (SSSR count). The van der Waals surface area contributed by atoms with Crippen molar-refractivity contribution in [2.24, 2.45) is 5.92 Å². The lowest BCUT2D eigenvalue weighted by Gasteiger charge is -2.35. The Labute approximate surface area is 117 Å². The highest BCUT2D eigenvalue weighted by Gasteiger charge is 2.25. The van der Waals surface area contributed by atoms with Crippen LogP contribution in [0.1, 0.15) is 33.1 Å². The maximum atomic E-state index is 10.1. The Balaban J connectivity index is 1.60. The van der Waals surface area contributed by atoms with Crippen LogP contribution < -0.4 is 0 Å². The molecular weight excluding hydrogens is 240 g/mol. The molecular formula is C15H30N2O2. The minimum absolute atomic E-state index is 0.332. The number of ether oxygens (including phenoxy) is 1. The molecule has 0 aromatic carbocycles. The highest BCUT2D eigenvalue weighted by atomic mass is 16.5. The van der Waals surface area contributed by atoms with Crippen molar-refractivity contribution in [2.75, 3.05) is 45.9 Å². The molecule has 0 aromatic heterocycles. The summed E-state index contributed by atoms with van der Waals surface area (Å²) < 4.78 is 5.87. The highest BCUT2D eigenvalue weighted by Crippen LogP contribution is 2.27. The number of hydrogen-bond donors (Lipinski definition) is 1. The SMILES string of the molecule is CCN1CCN(C[C@H](O)CO[C@@H]2CCC[C@@H]2C)CC1. The van der Waals surface area contributed by atoms with Crippen molar-refractivity contribution < 1.29 is 9.84 Å². The lowest BCUT2D eigenvalue weighted by atomic mass is 10.1. The molecule has 0 radical (unpaired) electrons. The van der Waals surface area contributed by atoms with Crippen molar-refractivity contribution >= 4 is 0 Å². The maximum absolute atomic E-state index is 10.1. The molecule has 1 heterocycles. The Morgan fingerprint density at radius 3 is 2.42 bits per heavy atom. The average molecular weight is 270 g/mol. The van der Waals surface area contributed by atoms with E-state index in [0.717, 1.165) is 39.3 Å². The molecule has 19 heavy (non-hydrogen) atoms. The van der Waals surface area contributed by atoms with Gasteiger partial charge < -0.3 is 14.7 Å². The molecule has 1 aliphatic carbocycles. The maximum Gasteiger partial charge on any atom is 0.0900 e. The summed E-state index contributed by atoms with van der Waals surface area (Å²) in [6.45, 7) is 11.3. The van der Waals surface area contributed by atoms with Gasteiger partial charge in [0.2, 0.25) is 0 Å². The van der Waals surface area contributed by atoms with Crippen LogP contribution in [0, 0.1) is 5.92 Å². The van der Waals surface area contributed by atoms with E-state index in [1.54, 1.807) is 0 Å². The molecule has 0 amide bonds. The van der Waals surface area contributed by atoms with Crippen molar-refractivity contribution in [1.29, 1.82) is 0 Å². The third-order valence-electron chi connectivity index (χ3n) is 4.67. The van der Waals surface area contributed by atoms with Crippen LogP contribution >= 0.6 is 0 Å². The van der Waals surface area contributed by atoms with E-state index >= 15 is 0 Å². The Kier molecular flexibility index (Phi) is 6.07. The lowest BCUT2D eigenvalue weighted by Crippen LogP contribution is -2.49.